The lowest BCUT2D eigenvalue weighted by atomic mass is 9.60. The maximum absolute atomic E-state index is 13.5. The van der Waals surface area contributed by atoms with Gasteiger partial charge in [-0.05, 0) is 123 Å². The van der Waals surface area contributed by atoms with Crippen molar-refractivity contribution in [3.63, 3.8) is 0 Å². The topological polar surface area (TPSA) is 90.2 Å². The molecule has 6 heteroatoms. The molecular weight excluding hydrogens is 550 g/mol. The Kier molecular flexibility index (Phi) is 9.57. The Hall–Kier alpha value is -2.41. The van der Waals surface area contributed by atoms with Gasteiger partial charge in [0.2, 0.25) is 0 Å². The van der Waals surface area contributed by atoms with Gasteiger partial charge in [0.1, 0.15) is 11.4 Å². The first kappa shape index (κ1) is 33.0. The second-order valence-electron chi connectivity index (χ2n) is 15.0. The molecule has 5 rings (SSSR count). The van der Waals surface area contributed by atoms with Crippen LogP contribution in [0.4, 0.5) is 0 Å². The summed E-state index contributed by atoms with van der Waals surface area (Å²) in [5, 5.41) is 32.1. The number of aliphatic hydroxyl groups is 3. The maximum Gasteiger partial charge on any atom is 0.254 e. The van der Waals surface area contributed by atoms with Crippen molar-refractivity contribution < 1.29 is 24.9 Å². The number of fused-ring (bicyclic) bond motifs is 1. The molecule has 4 fully saturated rings. The third-order valence-electron chi connectivity index (χ3n) is 11.7. The number of nitrogens with zero attached hydrogens (tertiary/aromatic N) is 1. The van der Waals surface area contributed by atoms with Crippen LogP contribution in [0.25, 0.3) is 0 Å². The zero-order valence-electron chi connectivity index (χ0n) is 27.8. The van der Waals surface area contributed by atoms with Crippen LogP contribution >= 0.6 is 0 Å². The first-order chi connectivity index (χ1) is 20.7. The van der Waals surface area contributed by atoms with Crippen molar-refractivity contribution in [1.29, 1.82) is 0 Å². The van der Waals surface area contributed by atoms with E-state index in [4.69, 9.17) is 4.74 Å². The Morgan fingerprint density at radius 2 is 1.93 bits per heavy atom. The van der Waals surface area contributed by atoms with E-state index >= 15 is 0 Å². The van der Waals surface area contributed by atoms with Crippen LogP contribution in [0, 0.1) is 36.0 Å². The number of hydrogen-bond donors (Lipinski definition) is 3. The monoisotopic (exact) mass is 605 g/mol. The van der Waals surface area contributed by atoms with Gasteiger partial charge in [-0.1, -0.05) is 51.1 Å². The van der Waals surface area contributed by atoms with Crippen LogP contribution in [-0.4, -0.2) is 56.6 Å². The highest BCUT2D eigenvalue weighted by molar-refractivity contribution is 5.87. The number of carbonyl (C=O) groups is 1. The molecule has 0 bridgehead atoms. The van der Waals surface area contributed by atoms with Gasteiger partial charge >= 0.3 is 0 Å². The van der Waals surface area contributed by atoms with Gasteiger partial charge in [0.05, 0.1) is 18.8 Å². The highest BCUT2D eigenvalue weighted by Gasteiger charge is 2.53. The Morgan fingerprint density at radius 3 is 2.66 bits per heavy atom. The van der Waals surface area contributed by atoms with Gasteiger partial charge in [0, 0.05) is 24.9 Å². The lowest BCUT2D eigenvalue weighted by molar-refractivity contribution is -0.142. The van der Waals surface area contributed by atoms with E-state index in [0.29, 0.717) is 43.7 Å². The van der Waals surface area contributed by atoms with Gasteiger partial charge in [-0.3, -0.25) is 4.79 Å². The largest absolute Gasteiger partial charge is 0.494 e. The van der Waals surface area contributed by atoms with Gasteiger partial charge in [0.25, 0.3) is 5.91 Å². The van der Waals surface area contributed by atoms with E-state index in [1.54, 1.807) is 6.92 Å². The fourth-order valence-corrected chi connectivity index (χ4v) is 9.36. The molecule has 242 valence electrons. The maximum atomic E-state index is 13.5. The van der Waals surface area contributed by atoms with E-state index in [0.717, 1.165) is 53.7 Å². The Bertz CT molecular complexity index is 1310. The SMILES string of the molecule is C=C1/C(=C\C=C2/CCC[C@]3(C)[C@@H]([C@H](C)CC4CC(C)(O)C(=O)N4Cc4cc(C)cc(OCC)c4)CC[C@@H]23)C[C@@H](O)[C@H](C)[C@@H]1O. The Morgan fingerprint density at radius 1 is 1.18 bits per heavy atom. The number of aryl methyl sites for hydroxylation is 1. The van der Waals surface area contributed by atoms with Crippen LogP contribution in [0.3, 0.4) is 0 Å². The Balaban J connectivity index is 1.32. The average Bonchev–Trinajstić information content (AvgIpc) is 3.42. The van der Waals surface area contributed by atoms with Crippen LogP contribution in [0.1, 0.15) is 97.1 Å². The molecule has 1 aliphatic heterocycles. The second-order valence-corrected chi connectivity index (χ2v) is 15.0. The van der Waals surface area contributed by atoms with E-state index < -0.39 is 17.8 Å². The molecule has 0 spiro atoms. The van der Waals surface area contributed by atoms with E-state index in [-0.39, 0.29) is 23.3 Å². The summed E-state index contributed by atoms with van der Waals surface area (Å²) in [7, 11) is 0. The van der Waals surface area contributed by atoms with Crippen molar-refractivity contribution in [3.05, 3.63) is 64.8 Å². The standard InChI is InChI=1S/C38H55NO5/c1-8-44-31-17-23(2)16-27(19-31)22-39-30(21-38(7,43)36(39)42)18-24(3)32-13-14-33-28(10-9-15-37(32,33)6)11-12-29-20-34(40)26(5)35(41)25(29)4/h11-12,16-17,19,24,26,30,32-35,40-41,43H,4,8-10,13-15,18,20-22H2,1-3,5-7H3/b28-11+,29-12-/t24-,26+,30?,32-,33+,34-,35-,37-,38?/m1/s1. The summed E-state index contributed by atoms with van der Waals surface area (Å²) in [6.45, 7) is 17.6. The molecule has 4 aliphatic rings. The predicted molar refractivity (Wildman–Crippen MR) is 175 cm³/mol. The number of aliphatic hydroxyl groups excluding tert-OH is 2. The van der Waals surface area contributed by atoms with Crippen LogP contribution in [0.15, 0.2) is 53.6 Å². The van der Waals surface area contributed by atoms with Crippen molar-refractivity contribution in [2.45, 2.75) is 123 Å². The van der Waals surface area contributed by atoms with Gasteiger partial charge < -0.3 is 25.0 Å². The summed E-state index contributed by atoms with van der Waals surface area (Å²) in [6, 6.07) is 6.15. The van der Waals surface area contributed by atoms with E-state index in [1.165, 1.54) is 18.4 Å². The molecule has 1 aromatic carbocycles. The van der Waals surface area contributed by atoms with E-state index in [9.17, 15) is 20.1 Å². The molecule has 3 N–H and O–H groups in total. The van der Waals surface area contributed by atoms with Gasteiger partial charge in [-0.2, -0.15) is 0 Å². The van der Waals surface area contributed by atoms with Crippen molar-refractivity contribution in [2.24, 2.45) is 29.1 Å². The highest BCUT2D eigenvalue weighted by Crippen LogP contribution is 2.60. The molecule has 0 radical (unpaired) electrons. The van der Waals surface area contributed by atoms with Crippen molar-refractivity contribution in [1.82, 2.24) is 4.90 Å². The summed E-state index contributed by atoms with van der Waals surface area (Å²) in [5.41, 5.74) is 4.19. The smallest absolute Gasteiger partial charge is 0.254 e. The number of hydrogen-bond acceptors (Lipinski definition) is 5. The second kappa shape index (κ2) is 12.8. The third-order valence-corrected chi connectivity index (χ3v) is 11.7. The van der Waals surface area contributed by atoms with Crippen molar-refractivity contribution in [3.8, 4) is 5.75 Å². The molecular formula is C38H55NO5. The number of rotatable bonds is 8. The molecule has 44 heavy (non-hydrogen) atoms. The number of benzene rings is 1. The number of amides is 1. The molecule has 9 atom stereocenters. The minimum absolute atomic E-state index is 0.00731. The van der Waals surface area contributed by atoms with Crippen molar-refractivity contribution >= 4 is 5.91 Å². The molecule has 3 aliphatic carbocycles. The van der Waals surface area contributed by atoms with Gasteiger partial charge in [0.15, 0.2) is 0 Å². The van der Waals surface area contributed by atoms with Gasteiger partial charge in [-0.15, -0.1) is 0 Å². The summed E-state index contributed by atoms with van der Waals surface area (Å²) >= 11 is 0. The van der Waals surface area contributed by atoms with Crippen molar-refractivity contribution in [2.75, 3.05) is 6.61 Å². The van der Waals surface area contributed by atoms with Crippen LogP contribution in [0.2, 0.25) is 0 Å². The minimum Gasteiger partial charge on any atom is -0.494 e. The van der Waals surface area contributed by atoms with Crippen LogP contribution in [-0.2, 0) is 11.3 Å². The summed E-state index contributed by atoms with van der Waals surface area (Å²) in [6.07, 6.45) is 10.8. The first-order valence-corrected chi connectivity index (χ1v) is 17.0. The first-order valence-electron chi connectivity index (χ1n) is 17.0. The summed E-state index contributed by atoms with van der Waals surface area (Å²) < 4.78 is 5.77. The molecule has 1 heterocycles. The quantitative estimate of drug-likeness (QED) is 0.308. The third kappa shape index (κ3) is 6.32. The molecule has 1 aromatic rings. The fourth-order valence-electron chi connectivity index (χ4n) is 9.36. The van der Waals surface area contributed by atoms with E-state index in [2.05, 4.69) is 38.6 Å². The molecule has 1 amide bonds. The highest BCUT2D eigenvalue weighted by atomic mass is 16.5. The zero-order chi connectivity index (χ0) is 32.0. The minimum atomic E-state index is -1.34. The summed E-state index contributed by atoms with van der Waals surface area (Å²) in [4.78, 5) is 15.4. The summed E-state index contributed by atoms with van der Waals surface area (Å²) in [5.74, 6) is 1.93. The Labute approximate surface area is 264 Å². The van der Waals surface area contributed by atoms with Crippen LogP contribution in [0.5, 0.6) is 5.75 Å². The fraction of sp³-hybridized carbons (Fsp3) is 0.658. The average molecular weight is 606 g/mol. The number of carbonyl (C=O) groups excluding carboxylic acids is 1. The molecule has 2 unspecified atom stereocenters. The molecule has 1 saturated heterocycles. The van der Waals surface area contributed by atoms with Crippen LogP contribution < -0.4 is 4.74 Å². The number of ether oxygens (including phenoxy) is 1. The molecule has 6 nitrogen and oxygen atoms in total. The lowest BCUT2D eigenvalue weighted by Gasteiger charge is -2.45. The number of likely N-dealkylation sites (tertiary alicyclic amines) is 1. The number of allylic oxidation sites excluding steroid dienone is 3. The normalized spacial score (nSPS) is 38.4. The lowest BCUT2D eigenvalue weighted by Crippen LogP contribution is -2.40. The zero-order valence-corrected chi connectivity index (χ0v) is 27.8. The molecule has 0 aromatic heterocycles. The van der Waals surface area contributed by atoms with Gasteiger partial charge in [-0.25, -0.2) is 0 Å². The van der Waals surface area contributed by atoms with E-state index in [1.807, 2.05) is 37.8 Å². The predicted octanol–water partition coefficient (Wildman–Crippen LogP) is 6.66. The molecule has 3 saturated carbocycles.